The second-order valence-electron chi connectivity index (χ2n) is 15.5. The summed E-state index contributed by atoms with van der Waals surface area (Å²) >= 11 is 0. The van der Waals surface area contributed by atoms with E-state index >= 15 is 0 Å². The van der Waals surface area contributed by atoms with Gasteiger partial charge >= 0.3 is 0 Å². The highest BCUT2D eigenvalue weighted by Crippen LogP contribution is 2.11. The van der Waals surface area contributed by atoms with Crippen molar-refractivity contribution in [3.8, 4) is 0 Å². The van der Waals surface area contributed by atoms with Crippen molar-refractivity contribution in [2.45, 2.75) is 134 Å². The van der Waals surface area contributed by atoms with E-state index in [0.29, 0.717) is 6.42 Å². The van der Waals surface area contributed by atoms with E-state index < -0.39 is 114 Å². The van der Waals surface area contributed by atoms with Gasteiger partial charge in [0.15, 0.2) is 0 Å². The first kappa shape index (κ1) is 57.9. The molecular weight excluding hydrogens is 829 g/mol. The largest absolute Gasteiger partial charge is 0.391 e. The molecule has 0 heterocycles. The predicted molar refractivity (Wildman–Crippen MR) is 231 cm³/mol. The highest BCUT2D eigenvalue weighted by Gasteiger charge is 2.36. The van der Waals surface area contributed by atoms with Crippen molar-refractivity contribution in [1.29, 1.82) is 0 Å². The summed E-state index contributed by atoms with van der Waals surface area (Å²) in [5.41, 5.74) is 19.3. The van der Waals surface area contributed by atoms with Crippen molar-refractivity contribution in [3.05, 3.63) is 0 Å². The fraction of sp³-hybridized carbons (Fsp3) is 0.763. The van der Waals surface area contributed by atoms with Crippen LogP contribution >= 0.6 is 0 Å². The first-order chi connectivity index (χ1) is 29.6. The third-order valence-corrected chi connectivity index (χ3v) is 9.66. The number of amides is 9. The minimum Gasteiger partial charge on any atom is -0.391 e. The van der Waals surface area contributed by atoms with Gasteiger partial charge in [-0.15, -0.1) is 0 Å². The van der Waals surface area contributed by atoms with Crippen LogP contribution in [-0.2, 0) is 43.2 Å². The van der Waals surface area contributed by atoms with Crippen LogP contribution in [0.25, 0.3) is 0 Å². The molecule has 25 heteroatoms. The van der Waals surface area contributed by atoms with E-state index in [4.69, 9.17) is 23.0 Å². The zero-order valence-electron chi connectivity index (χ0n) is 37.6. The van der Waals surface area contributed by atoms with E-state index in [1.165, 1.54) is 21.0 Å². The summed E-state index contributed by atoms with van der Waals surface area (Å²) in [7, 11) is 2.64. The molecule has 0 aliphatic carbocycles. The van der Waals surface area contributed by atoms with Crippen LogP contribution in [0.2, 0.25) is 0 Å². The molecule has 9 atom stereocenters. The minimum atomic E-state index is -1.45. The number of aliphatic hydroxyl groups is 2. The van der Waals surface area contributed by atoms with Gasteiger partial charge in [-0.3, -0.25) is 49.0 Å². The van der Waals surface area contributed by atoms with Gasteiger partial charge in [-0.25, -0.2) is 5.43 Å². The fourth-order valence-corrected chi connectivity index (χ4v) is 6.30. The Kier molecular flexibility index (Phi) is 28.4. The lowest BCUT2D eigenvalue weighted by Crippen LogP contribution is -2.61. The van der Waals surface area contributed by atoms with Crippen LogP contribution in [0.5, 0.6) is 0 Å². The first-order valence-electron chi connectivity index (χ1n) is 21.1. The summed E-state index contributed by atoms with van der Waals surface area (Å²) < 4.78 is 0. The van der Waals surface area contributed by atoms with Gasteiger partial charge in [-0.1, -0.05) is 27.2 Å². The van der Waals surface area contributed by atoms with Crippen molar-refractivity contribution in [2.24, 2.45) is 29.0 Å². The molecule has 0 saturated carbocycles. The van der Waals surface area contributed by atoms with E-state index in [1.807, 2.05) is 13.8 Å². The summed E-state index contributed by atoms with van der Waals surface area (Å²) in [5.74, 6) is -1.40. The van der Waals surface area contributed by atoms with Gasteiger partial charge in [0.05, 0.1) is 18.8 Å². The van der Waals surface area contributed by atoms with Gasteiger partial charge in [0, 0.05) is 27.6 Å². The highest BCUT2D eigenvalue weighted by molar-refractivity contribution is 5.97. The standard InChI is InChI=1S/C38H74N14O11/c1-8-9-28(55)31(46-22(5)54)37(62)50-25(12-16-41)38(63)52(7)27(13-17-44-36(61)30(51-42)21(4)53)35(60)49-24(11-15-40)33(58)45-19-29(56)47-26(18-20(2)3)34(59)48-23(10-14-39)32(57)43-6/h20-21,23-28,30-31,51,53,55H,8-19,39-42H2,1-7H3,(H,43,57)(H,44,61)(H,45,58)(H,46,54)(H,47,56)(H,48,59)(H,49,60)(H,50,62)/t21-,23+,24+,25+,26+,27+,28-,30+,31+/m1/s1. The van der Waals surface area contributed by atoms with Crippen molar-refractivity contribution in [1.82, 2.24) is 52.9 Å². The molecule has 0 spiro atoms. The smallest absolute Gasteiger partial charge is 0.245 e. The molecule has 0 aliphatic heterocycles. The summed E-state index contributed by atoms with van der Waals surface area (Å²) in [6, 6.07) is -8.89. The molecule has 25 nitrogen and oxygen atoms in total. The Hall–Kier alpha value is -5.05. The van der Waals surface area contributed by atoms with Crippen LogP contribution in [0.15, 0.2) is 0 Å². The number of nitrogens with two attached hydrogens (primary N) is 4. The average Bonchev–Trinajstić information content (AvgIpc) is 3.21. The molecule has 0 aromatic rings. The minimum absolute atomic E-state index is 0.0720. The lowest BCUT2D eigenvalue weighted by atomic mass is 10.0. The van der Waals surface area contributed by atoms with Gasteiger partial charge in [0.2, 0.25) is 53.2 Å². The summed E-state index contributed by atoms with van der Waals surface area (Å²) in [5, 5.41) is 40.5. The number of carbonyl (C=O) groups is 9. The Bertz CT molecular complexity index is 1500. The number of hydrogen-bond acceptors (Lipinski definition) is 16. The molecule has 0 saturated heterocycles. The van der Waals surface area contributed by atoms with Gasteiger partial charge in [-0.05, 0) is 71.0 Å². The molecular formula is C38H74N14O11. The molecule has 0 aromatic heterocycles. The molecule has 63 heavy (non-hydrogen) atoms. The number of nitrogens with one attached hydrogen (secondary N) is 9. The fourth-order valence-electron chi connectivity index (χ4n) is 6.30. The van der Waals surface area contributed by atoms with Crippen molar-refractivity contribution in [2.75, 3.05) is 46.8 Å². The Morgan fingerprint density at radius 3 is 1.65 bits per heavy atom. The predicted octanol–water partition coefficient (Wildman–Crippen LogP) is -6.91. The van der Waals surface area contributed by atoms with Crippen LogP contribution in [0.4, 0.5) is 0 Å². The summed E-state index contributed by atoms with van der Waals surface area (Å²) in [6.07, 6.45) is -2.14. The highest BCUT2D eigenvalue weighted by atomic mass is 16.3. The summed E-state index contributed by atoms with van der Waals surface area (Å²) in [6.45, 7) is 6.82. The maximum atomic E-state index is 14.0. The Morgan fingerprint density at radius 2 is 1.16 bits per heavy atom. The lowest BCUT2D eigenvalue weighted by Gasteiger charge is -2.33. The molecule has 19 N–H and O–H groups in total. The second-order valence-corrected chi connectivity index (χ2v) is 15.5. The Morgan fingerprint density at radius 1 is 0.619 bits per heavy atom. The van der Waals surface area contributed by atoms with Crippen LogP contribution in [0, 0.1) is 5.92 Å². The zero-order chi connectivity index (χ0) is 48.4. The van der Waals surface area contributed by atoms with Gasteiger partial charge in [0.1, 0.15) is 42.3 Å². The third kappa shape index (κ3) is 21.3. The lowest BCUT2D eigenvalue weighted by molar-refractivity contribution is -0.143. The monoisotopic (exact) mass is 903 g/mol. The van der Waals surface area contributed by atoms with E-state index in [9.17, 15) is 53.4 Å². The maximum absolute atomic E-state index is 14.0. The quantitative estimate of drug-likeness (QED) is 0.0227. The van der Waals surface area contributed by atoms with Crippen molar-refractivity contribution >= 4 is 53.2 Å². The van der Waals surface area contributed by atoms with Gasteiger partial charge in [0.25, 0.3) is 0 Å². The van der Waals surface area contributed by atoms with Gasteiger partial charge in [-0.2, -0.15) is 0 Å². The Balaban J connectivity index is 6.43. The number of hydrogen-bond donors (Lipinski definition) is 15. The molecule has 0 bridgehead atoms. The van der Waals surface area contributed by atoms with Crippen molar-refractivity contribution in [3.63, 3.8) is 0 Å². The molecule has 0 unspecified atom stereocenters. The van der Waals surface area contributed by atoms with Crippen LogP contribution in [0.1, 0.15) is 79.6 Å². The average molecular weight is 903 g/mol. The number of hydrazine groups is 1. The Labute approximate surface area is 368 Å². The number of aliphatic hydroxyl groups excluding tert-OH is 2. The van der Waals surface area contributed by atoms with E-state index in [2.05, 4.69) is 48.0 Å². The molecule has 0 radical (unpaired) electrons. The van der Waals surface area contributed by atoms with Crippen LogP contribution in [0.3, 0.4) is 0 Å². The number of nitrogens with zero attached hydrogens (tertiary/aromatic N) is 1. The van der Waals surface area contributed by atoms with Crippen LogP contribution in [-0.4, -0.2) is 170 Å². The molecule has 362 valence electrons. The topological polar surface area (TPSA) is 410 Å². The van der Waals surface area contributed by atoms with Crippen molar-refractivity contribution < 1.29 is 53.4 Å². The normalized spacial score (nSPS) is 15.4. The van der Waals surface area contributed by atoms with E-state index in [1.54, 1.807) is 6.92 Å². The number of rotatable bonds is 31. The zero-order valence-corrected chi connectivity index (χ0v) is 37.6. The first-order valence-corrected chi connectivity index (χ1v) is 21.1. The summed E-state index contributed by atoms with van der Waals surface area (Å²) in [4.78, 5) is 119. The molecule has 9 amide bonds. The van der Waals surface area contributed by atoms with E-state index in [-0.39, 0.29) is 70.6 Å². The van der Waals surface area contributed by atoms with Gasteiger partial charge < -0.3 is 74.8 Å². The number of carbonyl (C=O) groups excluding carboxylic acids is 9. The molecule has 0 fully saturated rings. The maximum Gasteiger partial charge on any atom is 0.245 e. The third-order valence-electron chi connectivity index (χ3n) is 9.66. The van der Waals surface area contributed by atoms with Crippen LogP contribution < -0.4 is 71.0 Å². The molecule has 0 aliphatic rings. The molecule has 0 aromatic carbocycles. The second kappa shape index (κ2) is 30.9. The number of likely N-dealkylation sites (N-methyl/N-ethyl adjacent to an activating group) is 2. The SMILES string of the molecule is CCC[C@@H](O)[C@H](NC(C)=O)C(=O)N[C@@H](CCN)C(=O)N(C)[C@@H](CCNC(=O)[C@@H](NN)[C@@H](C)O)C(=O)N[C@@H](CCN)C(=O)NCC(=O)N[C@@H](CC(C)C)C(=O)N[C@@H](CCN)C(=O)NC. The van der Waals surface area contributed by atoms with E-state index in [0.717, 1.165) is 11.8 Å². The molecule has 0 rings (SSSR count).